The summed E-state index contributed by atoms with van der Waals surface area (Å²) in [5, 5.41) is 0. The summed E-state index contributed by atoms with van der Waals surface area (Å²) in [5.41, 5.74) is 4.34. The lowest BCUT2D eigenvalue weighted by atomic mass is 9.73. The average molecular weight is 541 g/mol. The second-order valence-corrected chi connectivity index (χ2v) is 13.1. The predicted octanol–water partition coefficient (Wildman–Crippen LogP) is 6.69. The molecule has 39 heavy (non-hydrogen) atoms. The van der Waals surface area contributed by atoms with E-state index >= 15 is 0 Å². The van der Waals surface area contributed by atoms with Gasteiger partial charge in [-0.3, -0.25) is 19.0 Å². The molecular weight excluding hydrogens is 488 g/mol. The van der Waals surface area contributed by atoms with Crippen molar-refractivity contribution in [2.24, 2.45) is 17.3 Å². The molecule has 6 heteroatoms. The maximum atomic E-state index is 14.0. The lowest BCUT2D eigenvalue weighted by Crippen LogP contribution is -2.47. The molecule has 1 aromatic heterocycles. The molecule has 1 saturated heterocycles. The third-order valence-electron chi connectivity index (χ3n) is 9.68. The molecule has 0 N–H and O–H groups in total. The zero-order valence-electron chi connectivity index (χ0n) is 25.1. The molecule has 0 spiro atoms. The molecule has 2 atom stereocenters. The highest BCUT2D eigenvalue weighted by Gasteiger charge is 2.44. The average Bonchev–Trinajstić information content (AvgIpc) is 3.49. The summed E-state index contributed by atoms with van der Waals surface area (Å²) < 4.78 is 7.62. The lowest BCUT2D eigenvalue weighted by molar-refractivity contribution is -0.144. The van der Waals surface area contributed by atoms with Crippen LogP contribution in [0.5, 0.6) is 0 Å². The van der Waals surface area contributed by atoms with Crippen molar-refractivity contribution in [2.75, 3.05) is 20.2 Å². The maximum absolute atomic E-state index is 14.0. The third kappa shape index (κ3) is 6.97. The Bertz CT molecular complexity index is 1020. The van der Waals surface area contributed by atoms with Gasteiger partial charge in [-0.1, -0.05) is 72.1 Å². The van der Waals surface area contributed by atoms with E-state index in [2.05, 4.69) is 6.92 Å². The maximum Gasteiger partial charge on any atom is 0.305 e. The summed E-state index contributed by atoms with van der Waals surface area (Å²) in [5.74, 6) is 0.637. The van der Waals surface area contributed by atoms with Gasteiger partial charge in [-0.05, 0) is 68.4 Å². The van der Waals surface area contributed by atoms with Gasteiger partial charge in [-0.25, -0.2) is 0 Å². The third-order valence-corrected chi connectivity index (χ3v) is 9.68. The van der Waals surface area contributed by atoms with Crippen LogP contribution < -0.4 is 0 Å². The quantitative estimate of drug-likeness (QED) is 0.195. The Kier molecular flexibility index (Phi) is 10.3. The monoisotopic (exact) mass is 540 g/mol. The molecule has 1 fully saturated rings. The van der Waals surface area contributed by atoms with Crippen LogP contribution in [0.15, 0.2) is 0 Å². The van der Waals surface area contributed by atoms with Gasteiger partial charge in [-0.2, -0.15) is 0 Å². The number of ether oxygens (including phenoxy) is 1. The topological polar surface area (TPSA) is 68.6 Å². The number of rotatable bonds is 14. The minimum Gasteiger partial charge on any atom is -0.466 e. The van der Waals surface area contributed by atoms with Gasteiger partial charge < -0.3 is 9.64 Å². The molecule has 3 aliphatic rings. The van der Waals surface area contributed by atoms with E-state index in [9.17, 15) is 14.4 Å². The minimum absolute atomic E-state index is 0.0603. The van der Waals surface area contributed by atoms with E-state index in [4.69, 9.17) is 4.74 Å². The van der Waals surface area contributed by atoms with Crippen LogP contribution in [-0.4, -0.2) is 47.4 Å². The molecule has 0 radical (unpaired) electrons. The normalized spacial score (nSPS) is 20.5. The number of carbonyl (C=O) groups is 3. The molecule has 0 aromatic carbocycles. The number of aromatic nitrogens is 1. The summed E-state index contributed by atoms with van der Waals surface area (Å²) in [6.07, 6.45) is 17.6. The Morgan fingerprint density at radius 3 is 2.33 bits per heavy atom. The van der Waals surface area contributed by atoms with Crippen LogP contribution in [0, 0.1) is 17.3 Å². The van der Waals surface area contributed by atoms with E-state index in [1.54, 1.807) is 0 Å². The van der Waals surface area contributed by atoms with Gasteiger partial charge in [0, 0.05) is 42.7 Å². The van der Waals surface area contributed by atoms with Crippen LogP contribution in [0.4, 0.5) is 0 Å². The molecule has 0 unspecified atom stereocenters. The van der Waals surface area contributed by atoms with E-state index in [1.807, 2.05) is 30.4 Å². The van der Waals surface area contributed by atoms with Crippen LogP contribution in [0.25, 0.3) is 0 Å². The van der Waals surface area contributed by atoms with Crippen molar-refractivity contribution in [3.05, 3.63) is 22.5 Å². The van der Waals surface area contributed by atoms with Gasteiger partial charge >= 0.3 is 5.97 Å². The Morgan fingerprint density at radius 2 is 1.62 bits per heavy atom. The number of hydrogen-bond acceptors (Lipinski definition) is 4. The SMILES string of the molecule is CCCCCCCCCCCC(=O)OCCC(C)(C)C(=O)n1c2c(c3c1C[C@@H]1CCN(C)C(=O)[C@H]1C3)CCC2. The van der Waals surface area contributed by atoms with Crippen LogP contribution >= 0.6 is 0 Å². The van der Waals surface area contributed by atoms with Crippen molar-refractivity contribution in [2.45, 2.75) is 130 Å². The molecule has 2 aliphatic carbocycles. The summed E-state index contributed by atoms with van der Waals surface area (Å²) in [7, 11) is 1.92. The second kappa shape index (κ2) is 13.5. The lowest BCUT2D eigenvalue weighted by Gasteiger charge is -2.39. The van der Waals surface area contributed by atoms with Crippen molar-refractivity contribution in [1.29, 1.82) is 0 Å². The van der Waals surface area contributed by atoms with E-state index in [0.29, 0.717) is 18.8 Å². The number of unbranched alkanes of at least 4 members (excludes halogenated alkanes) is 8. The van der Waals surface area contributed by atoms with Gasteiger partial charge in [0.2, 0.25) is 11.8 Å². The van der Waals surface area contributed by atoms with Crippen LogP contribution in [0.3, 0.4) is 0 Å². The van der Waals surface area contributed by atoms with Crippen LogP contribution in [0.2, 0.25) is 0 Å². The number of nitrogens with zero attached hydrogens (tertiary/aromatic N) is 2. The smallest absolute Gasteiger partial charge is 0.305 e. The molecular formula is C33H52N2O4. The van der Waals surface area contributed by atoms with Crippen molar-refractivity contribution < 1.29 is 19.1 Å². The second-order valence-electron chi connectivity index (χ2n) is 13.1. The van der Waals surface area contributed by atoms with Gasteiger partial charge in [0.05, 0.1) is 6.61 Å². The first-order valence-electron chi connectivity index (χ1n) is 15.9. The van der Waals surface area contributed by atoms with Crippen LogP contribution in [-0.2, 0) is 40.0 Å². The number of hydrogen-bond donors (Lipinski definition) is 0. The van der Waals surface area contributed by atoms with E-state index in [-0.39, 0.29) is 30.3 Å². The number of fused-ring (bicyclic) bond motifs is 4. The fourth-order valence-corrected chi connectivity index (χ4v) is 7.08. The van der Waals surface area contributed by atoms with Gasteiger partial charge in [0.1, 0.15) is 0 Å². The number of amides is 1. The first-order chi connectivity index (χ1) is 18.7. The molecule has 2 heterocycles. The number of esters is 1. The van der Waals surface area contributed by atoms with E-state index in [1.165, 1.54) is 67.5 Å². The number of carbonyl (C=O) groups excluding carboxylic acids is 3. The summed E-state index contributed by atoms with van der Waals surface area (Å²) in [6.45, 7) is 7.31. The Hall–Kier alpha value is -2.11. The van der Waals surface area contributed by atoms with Crippen molar-refractivity contribution in [3.63, 3.8) is 0 Å². The highest BCUT2D eigenvalue weighted by atomic mass is 16.5. The zero-order chi connectivity index (χ0) is 28.0. The Balaban J connectivity index is 1.28. The number of likely N-dealkylation sites (tertiary alicyclic amines) is 1. The molecule has 0 bridgehead atoms. The molecule has 218 valence electrons. The van der Waals surface area contributed by atoms with Crippen molar-refractivity contribution >= 4 is 17.8 Å². The van der Waals surface area contributed by atoms with Gasteiger partial charge in [0.15, 0.2) is 0 Å². The summed E-state index contributed by atoms with van der Waals surface area (Å²) >= 11 is 0. The standard InChI is InChI=1S/C33H52N2O4/c1-5-6-7-8-9-10-11-12-13-17-30(36)39-21-19-33(2,3)32(38)35-28-16-14-15-25(28)27-23-26-24(22-29(27)35)18-20-34(4)31(26)37/h24,26H,5-23H2,1-4H3/t24-,26-/m0/s1. The fraction of sp³-hybridized carbons (Fsp3) is 0.788. The Morgan fingerprint density at radius 1 is 0.923 bits per heavy atom. The minimum atomic E-state index is -0.624. The van der Waals surface area contributed by atoms with Crippen molar-refractivity contribution in [3.8, 4) is 0 Å². The van der Waals surface area contributed by atoms with E-state index in [0.717, 1.165) is 57.9 Å². The molecule has 1 amide bonds. The molecule has 4 rings (SSSR count). The molecule has 0 saturated carbocycles. The van der Waals surface area contributed by atoms with Gasteiger partial charge in [-0.15, -0.1) is 0 Å². The van der Waals surface area contributed by atoms with Crippen molar-refractivity contribution in [1.82, 2.24) is 9.47 Å². The zero-order valence-corrected chi connectivity index (χ0v) is 25.1. The summed E-state index contributed by atoms with van der Waals surface area (Å²) in [6, 6.07) is 0. The van der Waals surface area contributed by atoms with Gasteiger partial charge in [0.25, 0.3) is 0 Å². The van der Waals surface area contributed by atoms with E-state index < -0.39 is 5.41 Å². The first-order valence-corrected chi connectivity index (χ1v) is 15.9. The highest BCUT2D eigenvalue weighted by Crippen LogP contribution is 2.43. The molecule has 1 aliphatic heterocycles. The predicted molar refractivity (Wildman–Crippen MR) is 155 cm³/mol. The number of piperidine rings is 1. The summed E-state index contributed by atoms with van der Waals surface area (Å²) in [4.78, 5) is 41.1. The largest absolute Gasteiger partial charge is 0.466 e. The van der Waals surface area contributed by atoms with Crippen LogP contribution in [0.1, 0.15) is 132 Å². The highest BCUT2D eigenvalue weighted by molar-refractivity contribution is 5.87. The molecule has 1 aromatic rings. The fourth-order valence-electron chi connectivity index (χ4n) is 7.08. The Labute approximate surface area is 236 Å². The first kappa shape index (κ1) is 29.9. The molecule has 6 nitrogen and oxygen atoms in total.